The number of carbonyl (C=O) groups is 2. The first kappa shape index (κ1) is 20.8. The van der Waals surface area contributed by atoms with E-state index >= 15 is 0 Å². The SMILES string of the molecule is CC(=O)NCC1CCN(C(=O)C(c2ccccc2)N2CCS(=O)(=O)CC2)CC1. The molecule has 1 unspecified atom stereocenters. The molecule has 3 rings (SSSR count). The Kier molecular flexibility index (Phi) is 6.72. The topological polar surface area (TPSA) is 86.8 Å². The van der Waals surface area contributed by atoms with E-state index < -0.39 is 15.9 Å². The van der Waals surface area contributed by atoms with Crippen molar-refractivity contribution in [2.75, 3.05) is 44.2 Å². The fourth-order valence-electron chi connectivity index (χ4n) is 3.95. The average Bonchev–Trinajstić information content (AvgIpc) is 2.69. The van der Waals surface area contributed by atoms with Crippen LogP contribution in [0.2, 0.25) is 0 Å². The van der Waals surface area contributed by atoms with Crippen LogP contribution < -0.4 is 5.32 Å². The number of hydrogen-bond acceptors (Lipinski definition) is 5. The number of hydrogen-bond donors (Lipinski definition) is 1. The second-order valence-corrected chi connectivity index (χ2v) is 10.0. The van der Waals surface area contributed by atoms with E-state index in [4.69, 9.17) is 0 Å². The minimum absolute atomic E-state index is 0.0253. The first-order valence-corrected chi connectivity index (χ1v) is 11.7. The van der Waals surface area contributed by atoms with Crippen LogP contribution in [0.4, 0.5) is 0 Å². The van der Waals surface area contributed by atoms with E-state index in [1.807, 2.05) is 40.1 Å². The van der Waals surface area contributed by atoms with Crippen molar-refractivity contribution in [3.05, 3.63) is 35.9 Å². The maximum Gasteiger partial charge on any atom is 0.244 e. The average molecular weight is 408 g/mol. The van der Waals surface area contributed by atoms with Gasteiger partial charge in [-0.2, -0.15) is 0 Å². The fourth-order valence-corrected chi connectivity index (χ4v) is 5.18. The third kappa shape index (κ3) is 5.32. The van der Waals surface area contributed by atoms with Crippen molar-refractivity contribution in [3.63, 3.8) is 0 Å². The van der Waals surface area contributed by atoms with E-state index in [9.17, 15) is 18.0 Å². The highest BCUT2D eigenvalue weighted by atomic mass is 32.2. The Morgan fingerprint density at radius 2 is 1.68 bits per heavy atom. The first-order valence-electron chi connectivity index (χ1n) is 9.88. The van der Waals surface area contributed by atoms with Gasteiger partial charge in [0.2, 0.25) is 11.8 Å². The van der Waals surface area contributed by atoms with E-state index in [1.54, 1.807) is 0 Å². The number of nitrogens with zero attached hydrogens (tertiary/aromatic N) is 2. The second-order valence-electron chi connectivity index (χ2n) is 7.71. The molecule has 28 heavy (non-hydrogen) atoms. The summed E-state index contributed by atoms with van der Waals surface area (Å²) < 4.78 is 23.6. The Labute approximate surface area is 167 Å². The van der Waals surface area contributed by atoms with Crippen molar-refractivity contribution in [2.24, 2.45) is 5.92 Å². The van der Waals surface area contributed by atoms with Crippen molar-refractivity contribution in [3.8, 4) is 0 Å². The Morgan fingerprint density at radius 3 is 2.25 bits per heavy atom. The van der Waals surface area contributed by atoms with Crippen LogP contribution in [-0.4, -0.2) is 74.3 Å². The van der Waals surface area contributed by atoms with Gasteiger partial charge in [-0.25, -0.2) is 8.42 Å². The molecule has 2 saturated heterocycles. The number of rotatable bonds is 5. The van der Waals surface area contributed by atoms with E-state index in [1.165, 1.54) is 6.92 Å². The molecule has 2 fully saturated rings. The molecule has 0 saturated carbocycles. The lowest BCUT2D eigenvalue weighted by molar-refractivity contribution is -0.138. The van der Waals surface area contributed by atoms with Gasteiger partial charge in [0.1, 0.15) is 6.04 Å². The molecule has 2 aliphatic rings. The van der Waals surface area contributed by atoms with Crippen molar-refractivity contribution in [2.45, 2.75) is 25.8 Å². The molecular formula is C20H29N3O4S. The number of nitrogens with one attached hydrogen (secondary N) is 1. The smallest absolute Gasteiger partial charge is 0.244 e. The number of likely N-dealkylation sites (tertiary alicyclic amines) is 1. The molecule has 0 aliphatic carbocycles. The minimum Gasteiger partial charge on any atom is -0.356 e. The van der Waals surface area contributed by atoms with Crippen LogP contribution in [0.5, 0.6) is 0 Å². The zero-order valence-electron chi connectivity index (χ0n) is 16.3. The third-order valence-corrected chi connectivity index (χ3v) is 7.27. The summed E-state index contributed by atoms with van der Waals surface area (Å²) in [5.41, 5.74) is 0.909. The summed E-state index contributed by atoms with van der Waals surface area (Å²) in [5.74, 6) is 0.611. The standard InChI is InChI=1S/C20H29N3O4S/c1-16(24)21-15-17-7-9-23(10-8-17)20(25)19(18-5-3-2-4-6-18)22-11-13-28(26,27)14-12-22/h2-6,17,19H,7-15H2,1H3,(H,21,24). The summed E-state index contributed by atoms with van der Waals surface area (Å²) in [5, 5.41) is 2.86. The Bertz CT molecular complexity index is 775. The molecule has 1 atom stereocenters. The molecule has 7 nitrogen and oxygen atoms in total. The molecule has 0 radical (unpaired) electrons. The molecule has 1 aromatic rings. The van der Waals surface area contributed by atoms with Crippen molar-refractivity contribution >= 4 is 21.7 Å². The van der Waals surface area contributed by atoms with Gasteiger partial charge >= 0.3 is 0 Å². The van der Waals surface area contributed by atoms with Crippen LogP contribution in [0.3, 0.4) is 0 Å². The highest BCUT2D eigenvalue weighted by Crippen LogP contribution is 2.27. The molecule has 2 aliphatic heterocycles. The lowest BCUT2D eigenvalue weighted by atomic mass is 9.95. The van der Waals surface area contributed by atoms with Gasteiger partial charge in [-0.05, 0) is 24.3 Å². The Balaban J connectivity index is 1.69. The summed E-state index contributed by atoms with van der Waals surface area (Å²) in [6, 6.07) is 9.18. The van der Waals surface area contributed by atoms with Crippen molar-refractivity contribution in [1.29, 1.82) is 0 Å². The second kappa shape index (κ2) is 9.05. The van der Waals surface area contributed by atoms with E-state index in [-0.39, 0.29) is 23.3 Å². The molecular weight excluding hydrogens is 378 g/mol. The maximum absolute atomic E-state index is 13.4. The molecule has 0 bridgehead atoms. The summed E-state index contributed by atoms with van der Waals surface area (Å²) in [6.07, 6.45) is 1.73. The van der Waals surface area contributed by atoms with E-state index in [0.29, 0.717) is 38.6 Å². The summed E-state index contributed by atoms with van der Waals surface area (Å²) in [6.45, 7) is 4.27. The predicted octanol–water partition coefficient (Wildman–Crippen LogP) is 0.833. The third-order valence-electron chi connectivity index (χ3n) is 5.66. The molecule has 1 N–H and O–H groups in total. The highest BCUT2D eigenvalue weighted by molar-refractivity contribution is 7.91. The predicted molar refractivity (Wildman–Crippen MR) is 107 cm³/mol. The summed E-state index contributed by atoms with van der Waals surface area (Å²) in [7, 11) is -3.00. The normalized spacial score (nSPS) is 21.8. The molecule has 2 heterocycles. The van der Waals surface area contributed by atoms with Crippen molar-refractivity contribution in [1.82, 2.24) is 15.1 Å². The van der Waals surface area contributed by atoms with Gasteiger partial charge in [0.05, 0.1) is 11.5 Å². The van der Waals surface area contributed by atoms with Gasteiger partial charge < -0.3 is 10.2 Å². The number of sulfone groups is 1. The molecule has 0 spiro atoms. The Morgan fingerprint density at radius 1 is 1.07 bits per heavy atom. The highest BCUT2D eigenvalue weighted by Gasteiger charge is 2.36. The number of piperidine rings is 1. The molecule has 1 aromatic carbocycles. The molecule has 0 aromatic heterocycles. The lowest BCUT2D eigenvalue weighted by Crippen LogP contribution is -2.50. The van der Waals surface area contributed by atoms with Gasteiger partial charge in [0.25, 0.3) is 0 Å². The van der Waals surface area contributed by atoms with Gasteiger partial charge in [-0.15, -0.1) is 0 Å². The van der Waals surface area contributed by atoms with Crippen LogP contribution >= 0.6 is 0 Å². The van der Waals surface area contributed by atoms with E-state index in [0.717, 1.165) is 18.4 Å². The van der Waals surface area contributed by atoms with Gasteiger partial charge in [0, 0.05) is 39.6 Å². The Hall–Kier alpha value is -1.93. The molecule has 2 amide bonds. The zero-order chi connectivity index (χ0) is 20.1. The van der Waals surface area contributed by atoms with Crippen LogP contribution in [0.15, 0.2) is 30.3 Å². The number of carbonyl (C=O) groups excluding carboxylic acids is 2. The number of benzene rings is 1. The van der Waals surface area contributed by atoms with Crippen LogP contribution in [-0.2, 0) is 19.4 Å². The minimum atomic E-state index is -3.00. The van der Waals surface area contributed by atoms with Gasteiger partial charge in [-0.1, -0.05) is 30.3 Å². The zero-order valence-corrected chi connectivity index (χ0v) is 17.2. The van der Waals surface area contributed by atoms with Crippen LogP contribution in [0.25, 0.3) is 0 Å². The summed E-state index contributed by atoms with van der Waals surface area (Å²) in [4.78, 5) is 28.4. The first-order chi connectivity index (χ1) is 13.4. The van der Waals surface area contributed by atoms with Gasteiger partial charge in [0.15, 0.2) is 9.84 Å². The maximum atomic E-state index is 13.4. The van der Waals surface area contributed by atoms with Crippen molar-refractivity contribution < 1.29 is 18.0 Å². The monoisotopic (exact) mass is 407 g/mol. The quantitative estimate of drug-likeness (QED) is 0.781. The van der Waals surface area contributed by atoms with Gasteiger partial charge in [-0.3, -0.25) is 14.5 Å². The molecule has 154 valence electrons. The fraction of sp³-hybridized carbons (Fsp3) is 0.600. The van der Waals surface area contributed by atoms with E-state index in [2.05, 4.69) is 5.32 Å². The largest absolute Gasteiger partial charge is 0.356 e. The lowest BCUT2D eigenvalue weighted by Gasteiger charge is -2.39. The number of amides is 2. The molecule has 8 heteroatoms. The van der Waals surface area contributed by atoms with Crippen LogP contribution in [0.1, 0.15) is 31.4 Å². The summed E-state index contributed by atoms with van der Waals surface area (Å²) >= 11 is 0. The van der Waals surface area contributed by atoms with Crippen LogP contribution in [0, 0.1) is 5.92 Å².